The van der Waals surface area contributed by atoms with Crippen molar-refractivity contribution < 1.29 is 14.6 Å². The van der Waals surface area contributed by atoms with Crippen molar-refractivity contribution in [2.75, 3.05) is 31.6 Å². The van der Waals surface area contributed by atoms with Gasteiger partial charge < -0.3 is 31.2 Å². The third-order valence-electron chi connectivity index (χ3n) is 5.11. The standard InChI is InChI=1S/C24H26N4O3/c25-24(30)18-7-2-3-8-19(18)27-13-12-26-14-16(29)15-31-22-11-5-10-21-23(22)17-6-1-4-9-20(17)28-21/h1-11,16,26-29H,12-15H2,(H2,25,30). The number of aliphatic hydroxyl groups excluding tert-OH is 1. The Morgan fingerprint density at radius 1 is 1.00 bits per heavy atom. The van der Waals surface area contributed by atoms with Crippen LogP contribution in [0.25, 0.3) is 21.8 Å². The zero-order valence-corrected chi connectivity index (χ0v) is 17.1. The molecule has 4 aromatic rings. The van der Waals surface area contributed by atoms with E-state index in [0.717, 1.165) is 27.6 Å². The minimum absolute atomic E-state index is 0.184. The molecule has 7 nitrogen and oxygen atoms in total. The van der Waals surface area contributed by atoms with Crippen molar-refractivity contribution in [1.29, 1.82) is 0 Å². The van der Waals surface area contributed by atoms with Crippen LogP contribution in [0, 0.1) is 0 Å². The molecule has 0 bridgehead atoms. The van der Waals surface area contributed by atoms with Gasteiger partial charge in [0.15, 0.2) is 0 Å². The van der Waals surface area contributed by atoms with Crippen LogP contribution in [-0.2, 0) is 0 Å². The fourth-order valence-corrected chi connectivity index (χ4v) is 3.64. The highest BCUT2D eigenvalue weighted by Crippen LogP contribution is 2.32. The van der Waals surface area contributed by atoms with Crippen LogP contribution in [0.15, 0.2) is 66.7 Å². The third-order valence-corrected chi connectivity index (χ3v) is 5.11. The summed E-state index contributed by atoms with van der Waals surface area (Å²) in [5.74, 6) is 0.285. The first-order valence-corrected chi connectivity index (χ1v) is 10.3. The Hall–Kier alpha value is -3.55. The number of carbonyl (C=O) groups excluding carboxylic acids is 1. The Morgan fingerprint density at radius 3 is 2.65 bits per heavy atom. The van der Waals surface area contributed by atoms with Gasteiger partial charge in [-0.25, -0.2) is 0 Å². The van der Waals surface area contributed by atoms with Gasteiger partial charge in [0.2, 0.25) is 0 Å². The number of aliphatic hydroxyl groups is 1. The summed E-state index contributed by atoms with van der Waals surface area (Å²) in [5, 5.41) is 18.8. The summed E-state index contributed by atoms with van der Waals surface area (Å²) in [6.07, 6.45) is -0.654. The number of nitrogens with one attached hydrogen (secondary N) is 3. The molecule has 0 saturated carbocycles. The molecule has 1 atom stereocenters. The molecule has 6 N–H and O–H groups in total. The Morgan fingerprint density at radius 2 is 1.77 bits per heavy atom. The topological polar surface area (TPSA) is 112 Å². The predicted molar refractivity (Wildman–Crippen MR) is 124 cm³/mol. The van der Waals surface area contributed by atoms with Crippen molar-refractivity contribution in [3.8, 4) is 5.75 Å². The van der Waals surface area contributed by atoms with E-state index in [1.54, 1.807) is 12.1 Å². The van der Waals surface area contributed by atoms with Gasteiger partial charge in [-0.05, 0) is 30.3 Å². The van der Waals surface area contributed by atoms with E-state index in [-0.39, 0.29) is 6.61 Å². The highest BCUT2D eigenvalue weighted by Gasteiger charge is 2.11. The van der Waals surface area contributed by atoms with E-state index in [0.29, 0.717) is 30.9 Å². The average Bonchev–Trinajstić information content (AvgIpc) is 3.17. The minimum atomic E-state index is -0.654. The number of hydrogen-bond acceptors (Lipinski definition) is 5. The second-order valence-corrected chi connectivity index (χ2v) is 7.35. The molecular formula is C24H26N4O3. The molecule has 4 rings (SSSR count). The quantitative estimate of drug-likeness (QED) is 0.254. The van der Waals surface area contributed by atoms with Crippen molar-refractivity contribution in [3.63, 3.8) is 0 Å². The number of primary amides is 1. The van der Waals surface area contributed by atoms with Crippen LogP contribution in [0.2, 0.25) is 0 Å². The monoisotopic (exact) mass is 418 g/mol. The molecule has 1 aromatic heterocycles. The fraction of sp³-hybridized carbons (Fsp3) is 0.208. The first-order chi connectivity index (χ1) is 15.1. The molecule has 31 heavy (non-hydrogen) atoms. The first-order valence-electron chi connectivity index (χ1n) is 10.3. The molecule has 0 radical (unpaired) electrons. The number of fused-ring (bicyclic) bond motifs is 3. The van der Waals surface area contributed by atoms with Crippen LogP contribution in [0.4, 0.5) is 5.69 Å². The van der Waals surface area contributed by atoms with E-state index in [9.17, 15) is 9.90 Å². The van der Waals surface area contributed by atoms with Gasteiger partial charge in [-0.3, -0.25) is 4.79 Å². The Kier molecular flexibility index (Phi) is 6.35. The van der Waals surface area contributed by atoms with Crippen molar-refractivity contribution in [3.05, 3.63) is 72.3 Å². The number of para-hydroxylation sites is 2. The van der Waals surface area contributed by atoms with Crippen LogP contribution in [0.5, 0.6) is 5.75 Å². The third kappa shape index (κ3) is 4.79. The summed E-state index contributed by atoms with van der Waals surface area (Å²) in [6.45, 7) is 1.78. The maximum atomic E-state index is 11.4. The van der Waals surface area contributed by atoms with Crippen LogP contribution >= 0.6 is 0 Å². The van der Waals surface area contributed by atoms with Crippen molar-refractivity contribution in [2.45, 2.75) is 6.10 Å². The summed E-state index contributed by atoms with van der Waals surface area (Å²) < 4.78 is 5.94. The van der Waals surface area contributed by atoms with Crippen LogP contribution in [0.3, 0.4) is 0 Å². The average molecular weight is 418 g/mol. The smallest absolute Gasteiger partial charge is 0.250 e. The van der Waals surface area contributed by atoms with Crippen molar-refractivity contribution >= 4 is 33.4 Å². The summed E-state index contributed by atoms with van der Waals surface area (Å²) in [4.78, 5) is 14.8. The van der Waals surface area contributed by atoms with Crippen LogP contribution < -0.4 is 21.1 Å². The van der Waals surface area contributed by atoms with E-state index >= 15 is 0 Å². The molecule has 7 heteroatoms. The molecule has 1 unspecified atom stereocenters. The molecule has 3 aromatic carbocycles. The van der Waals surface area contributed by atoms with Gasteiger partial charge in [0, 0.05) is 41.6 Å². The number of nitrogens with two attached hydrogens (primary N) is 1. The SMILES string of the molecule is NC(=O)c1ccccc1NCCNCC(O)COc1cccc2[nH]c3ccccc3c12. The molecule has 1 heterocycles. The summed E-state index contributed by atoms with van der Waals surface area (Å²) >= 11 is 0. The Labute approximate surface area is 180 Å². The maximum Gasteiger partial charge on any atom is 0.250 e. The number of hydrogen-bond donors (Lipinski definition) is 5. The van der Waals surface area contributed by atoms with Crippen molar-refractivity contribution in [2.24, 2.45) is 5.73 Å². The molecular weight excluding hydrogens is 392 g/mol. The lowest BCUT2D eigenvalue weighted by molar-refractivity contribution is 0.100. The number of ether oxygens (including phenoxy) is 1. The second-order valence-electron chi connectivity index (χ2n) is 7.35. The van der Waals surface area contributed by atoms with E-state index in [1.165, 1.54) is 0 Å². The van der Waals surface area contributed by atoms with Gasteiger partial charge in [0.1, 0.15) is 18.5 Å². The van der Waals surface area contributed by atoms with E-state index in [2.05, 4.69) is 21.7 Å². The number of carbonyl (C=O) groups is 1. The summed E-state index contributed by atoms with van der Waals surface area (Å²) in [7, 11) is 0. The van der Waals surface area contributed by atoms with E-state index in [1.807, 2.05) is 48.5 Å². The van der Waals surface area contributed by atoms with Crippen LogP contribution in [0.1, 0.15) is 10.4 Å². The van der Waals surface area contributed by atoms with Gasteiger partial charge >= 0.3 is 0 Å². The Balaban J connectivity index is 1.26. The van der Waals surface area contributed by atoms with Crippen molar-refractivity contribution in [1.82, 2.24) is 10.3 Å². The number of rotatable bonds is 10. The summed E-state index contributed by atoms with van der Waals surface area (Å²) in [5.41, 5.74) is 8.61. The maximum absolute atomic E-state index is 11.4. The molecule has 0 aliphatic rings. The fourth-order valence-electron chi connectivity index (χ4n) is 3.64. The highest BCUT2D eigenvalue weighted by atomic mass is 16.5. The number of aromatic nitrogens is 1. The molecule has 0 aliphatic carbocycles. The molecule has 0 spiro atoms. The van der Waals surface area contributed by atoms with Gasteiger partial charge in [-0.1, -0.05) is 36.4 Å². The van der Waals surface area contributed by atoms with Crippen LogP contribution in [-0.4, -0.2) is 48.3 Å². The van der Waals surface area contributed by atoms with Gasteiger partial charge in [0.25, 0.3) is 5.91 Å². The molecule has 160 valence electrons. The van der Waals surface area contributed by atoms with Gasteiger partial charge in [0.05, 0.1) is 11.1 Å². The number of aromatic amines is 1. The Bertz CT molecular complexity index is 1190. The van der Waals surface area contributed by atoms with Gasteiger partial charge in [-0.2, -0.15) is 0 Å². The number of anilines is 1. The normalized spacial score (nSPS) is 12.2. The van der Waals surface area contributed by atoms with E-state index < -0.39 is 12.0 Å². The highest BCUT2D eigenvalue weighted by molar-refractivity contribution is 6.10. The summed E-state index contributed by atoms with van der Waals surface area (Å²) in [6, 6.07) is 21.1. The lowest BCUT2D eigenvalue weighted by Gasteiger charge is -2.15. The molecule has 0 fully saturated rings. The molecule has 0 saturated heterocycles. The number of amides is 1. The predicted octanol–water partition coefficient (Wildman–Crippen LogP) is 2.86. The zero-order chi connectivity index (χ0) is 21.6. The molecule has 0 aliphatic heterocycles. The minimum Gasteiger partial charge on any atom is -0.490 e. The largest absolute Gasteiger partial charge is 0.490 e. The molecule has 1 amide bonds. The zero-order valence-electron chi connectivity index (χ0n) is 17.1. The lowest BCUT2D eigenvalue weighted by Crippen LogP contribution is -2.34. The lowest BCUT2D eigenvalue weighted by atomic mass is 10.1. The second kappa shape index (κ2) is 9.51. The number of benzene rings is 3. The van der Waals surface area contributed by atoms with E-state index in [4.69, 9.17) is 10.5 Å². The number of H-pyrrole nitrogens is 1. The van der Waals surface area contributed by atoms with Gasteiger partial charge in [-0.15, -0.1) is 0 Å². The first kappa shape index (κ1) is 20.7.